The first-order chi connectivity index (χ1) is 16.8. The van der Waals surface area contributed by atoms with E-state index in [0.29, 0.717) is 11.3 Å². The third kappa shape index (κ3) is 7.70. The van der Waals surface area contributed by atoms with Crippen LogP contribution in [0, 0.1) is 10.8 Å². The molecule has 0 saturated heterocycles. The molecule has 2 rings (SSSR count). The maximum Gasteiger partial charge on any atom is 0.252 e. The third-order valence-electron chi connectivity index (χ3n) is 6.20. The molecule has 5 nitrogen and oxygen atoms in total. The van der Waals surface area contributed by atoms with Gasteiger partial charge in [-0.1, -0.05) is 109 Å². The van der Waals surface area contributed by atoms with E-state index in [2.05, 4.69) is 17.2 Å². The van der Waals surface area contributed by atoms with Gasteiger partial charge in [0.1, 0.15) is 6.04 Å². The van der Waals surface area contributed by atoms with E-state index < -0.39 is 17.9 Å². The highest BCUT2D eigenvalue weighted by molar-refractivity contribution is 6.00. The first-order valence-electron chi connectivity index (χ1n) is 12.3. The number of likely N-dealkylation sites (N-methyl/N-ethyl adjacent to an activating group) is 1. The van der Waals surface area contributed by atoms with E-state index in [0.717, 1.165) is 16.7 Å². The SMILES string of the molecule is C=C(/C=C(\C=C(/N)C(C)(C)C)C(=O)N[C@H](C(=O)NC)C(c1ccccc1)c1ccccc1)C(C)(C)C. The van der Waals surface area contributed by atoms with Gasteiger partial charge < -0.3 is 16.4 Å². The third-order valence-corrected chi connectivity index (χ3v) is 6.20. The molecule has 0 fully saturated rings. The van der Waals surface area contributed by atoms with Gasteiger partial charge in [-0.05, 0) is 34.3 Å². The van der Waals surface area contributed by atoms with Crippen LogP contribution in [0.15, 0.2) is 96.2 Å². The summed E-state index contributed by atoms with van der Waals surface area (Å²) in [4.78, 5) is 27.0. The van der Waals surface area contributed by atoms with Crippen molar-refractivity contribution in [2.45, 2.75) is 53.5 Å². The fourth-order valence-corrected chi connectivity index (χ4v) is 3.54. The molecule has 0 aliphatic carbocycles. The van der Waals surface area contributed by atoms with Crippen LogP contribution in [-0.4, -0.2) is 24.9 Å². The lowest BCUT2D eigenvalue weighted by molar-refractivity contribution is -0.127. The van der Waals surface area contributed by atoms with Gasteiger partial charge in [0, 0.05) is 29.7 Å². The van der Waals surface area contributed by atoms with E-state index in [-0.39, 0.29) is 16.7 Å². The molecule has 192 valence electrons. The predicted octanol–water partition coefficient (Wildman–Crippen LogP) is 5.47. The molecular formula is C31H41N3O2. The first-order valence-corrected chi connectivity index (χ1v) is 12.3. The number of allylic oxidation sites excluding steroid dienone is 3. The highest BCUT2D eigenvalue weighted by Gasteiger charge is 2.32. The Kier molecular flexibility index (Phi) is 9.46. The number of benzene rings is 2. The maximum absolute atomic E-state index is 13.8. The fraction of sp³-hybridized carbons (Fsp3) is 0.355. The summed E-state index contributed by atoms with van der Waals surface area (Å²) in [6.45, 7) is 16.2. The minimum atomic E-state index is -0.858. The van der Waals surface area contributed by atoms with Crippen molar-refractivity contribution in [3.8, 4) is 0 Å². The normalized spacial score (nSPS) is 13.8. The lowest BCUT2D eigenvalue weighted by Crippen LogP contribution is -2.50. The Hall–Kier alpha value is -3.60. The van der Waals surface area contributed by atoms with Crippen LogP contribution in [0.4, 0.5) is 0 Å². The van der Waals surface area contributed by atoms with E-state index in [1.807, 2.05) is 102 Å². The molecule has 0 aliphatic heterocycles. The van der Waals surface area contributed by atoms with Crippen LogP contribution >= 0.6 is 0 Å². The Morgan fingerprint density at radius 1 is 0.833 bits per heavy atom. The molecule has 2 amide bonds. The zero-order chi connectivity index (χ0) is 27.1. The Morgan fingerprint density at radius 3 is 1.69 bits per heavy atom. The number of hydrogen-bond acceptors (Lipinski definition) is 3. The average molecular weight is 488 g/mol. The molecule has 0 unspecified atom stereocenters. The van der Waals surface area contributed by atoms with Gasteiger partial charge in [-0.25, -0.2) is 0 Å². The Labute approximate surface area is 216 Å². The number of carbonyl (C=O) groups excluding carboxylic acids is 2. The van der Waals surface area contributed by atoms with Gasteiger partial charge in [-0.3, -0.25) is 9.59 Å². The number of amides is 2. The number of rotatable bonds is 8. The summed E-state index contributed by atoms with van der Waals surface area (Å²) in [6, 6.07) is 18.6. The summed E-state index contributed by atoms with van der Waals surface area (Å²) in [5.74, 6) is -1.08. The van der Waals surface area contributed by atoms with Crippen molar-refractivity contribution in [2.24, 2.45) is 16.6 Å². The minimum absolute atomic E-state index is 0.243. The summed E-state index contributed by atoms with van der Waals surface area (Å²) in [7, 11) is 1.57. The summed E-state index contributed by atoms with van der Waals surface area (Å²) in [5.41, 5.74) is 9.33. The van der Waals surface area contributed by atoms with Crippen molar-refractivity contribution in [3.05, 3.63) is 107 Å². The number of nitrogens with one attached hydrogen (secondary N) is 2. The second kappa shape index (κ2) is 11.9. The van der Waals surface area contributed by atoms with Crippen molar-refractivity contribution >= 4 is 11.8 Å². The number of hydrogen-bond donors (Lipinski definition) is 3. The van der Waals surface area contributed by atoms with Crippen LogP contribution in [0.2, 0.25) is 0 Å². The van der Waals surface area contributed by atoms with Gasteiger partial charge in [0.2, 0.25) is 5.91 Å². The summed E-state index contributed by atoms with van der Waals surface area (Å²) >= 11 is 0. The minimum Gasteiger partial charge on any atom is -0.402 e. The van der Waals surface area contributed by atoms with Gasteiger partial charge in [-0.15, -0.1) is 0 Å². The Balaban J connectivity index is 2.61. The molecule has 0 heterocycles. The zero-order valence-corrected chi connectivity index (χ0v) is 22.7. The molecule has 2 aromatic rings. The van der Waals surface area contributed by atoms with E-state index in [4.69, 9.17) is 5.73 Å². The lowest BCUT2D eigenvalue weighted by atomic mass is 9.83. The Bertz CT molecular complexity index is 1080. The van der Waals surface area contributed by atoms with Crippen molar-refractivity contribution in [1.82, 2.24) is 10.6 Å². The molecule has 0 spiro atoms. The Morgan fingerprint density at radius 2 is 1.31 bits per heavy atom. The van der Waals surface area contributed by atoms with Gasteiger partial charge >= 0.3 is 0 Å². The van der Waals surface area contributed by atoms with Crippen LogP contribution in [0.5, 0.6) is 0 Å². The maximum atomic E-state index is 13.8. The van der Waals surface area contributed by atoms with Crippen molar-refractivity contribution in [3.63, 3.8) is 0 Å². The molecule has 0 aliphatic rings. The van der Waals surface area contributed by atoms with Crippen LogP contribution in [0.25, 0.3) is 0 Å². The second-order valence-electron chi connectivity index (χ2n) is 11.1. The van der Waals surface area contributed by atoms with Gasteiger partial charge in [0.25, 0.3) is 5.91 Å². The van der Waals surface area contributed by atoms with Crippen LogP contribution in [0.1, 0.15) is 58.6 Å². The molecular weight excluding hydrogens is 446 g/mol. The average Bonchev–Trinajstić information content (AvgIpc) is 2.82. The lowest BCUT2D eigenvalue weighted by Gasteiger charge is -2.28. The second-order valence-corrected chi connectivity index (χ2v) is 11.1. The molecule has 1 atom stereocenters. The smallest absolute Gasteiger partial charge is 0.252 e. The highest BCUT2D eigenvalue weighted by Crippen LogP contribution is 2.30. The van der Waals surface area contributed by atoms with Crippen LogP contribution in [0.3, 0.4) is 0 Å². The molecule has 4 N–H and O–H groups in total. The number of nitrogens with two attached hydrogens (primary N) is 1. The monoisotopic (exact) mass is 487 g/mol. The molecule has 0 saturated carbocycles. The molecule has 2 aromatic carbocycles. The molecule has 0 bridgehead atoms. The summed E-state index contributed by atoms with van der Waals surface area (Å²) in [5, 5.41) is 5.75. The van der Waals surface area contributed by atoms with Gasteiger partial charge in [0.15, 0.2) is 0 Å². The van der Waals surface area contributed by atoms with Crippen molar-refractivity contribution < 1.29 is 9.59 Å². The standard InChI is InChI=1S/C31H41N3O2/c1-21(30(2,3)4)19-24(20-25(32)31(5,6)7)28(35)34-27(29(36)33-8)26(22-15-11-9-12-16-22)23-17-13-10-14-18-23/h9-20,26-27H,1,32H2,2-8H3,(H,33,36)(H,34,35)/b24-19+,25-20-/t27-/m0/s1. The fourth-order valence-electron chi connectivity index (χ4n) is 3.54. The summed E-state index contributed by atoms with van der Waals surface area (Å²) in [6.07, 6.45) is 3.45. The number of carbonyl (C=O) groups is 2. The molecule has 5 heteroatoms. The van der Waals surface area contributed by atoms with Gasteiger partial charge in [0.05, 0.1) is 0 Å². The van der Waals surface area contributed by atoms with E-state index in [1.165, 1.54) is 0 Å². The molecule has 36 heavy (non-hydrogen) atoms. The molecule has 0 aromatic heterocycles. The molecule has 0 radical (unpaired) electrons. The van der Waals surface area contributed by atoms with E-state index >= 15 is 0 Å². The van der Waals surface area contributed by atoms with Crippen LogP contribution < -0.4 is 16.4 Å². The zero-order valence-electron chi connectivity index (χ0n) is 22.7. The van der Waals surface area contributed by atoms with E-state index in [9.17, 15) is 9.59 Å². The predicted molar refractivity (Wildman–Crippen MR) is 149 cm³/mol. The first kappa shape index (κ1) is 28.6. The quantitative estimate of drug-likeness (QED) is 0.341. The van der Waals surface area contributed by atoms with Crippen molar-refractivity contribution in [1.29, 1.82) is 0 Å². The topological polar surface area (TPSA) is 84.2 Å². The van der Waals surface area contributed by atoms with Crippen LogP contribution in [-0.2, 0) is 9.59 Å². The largest absolute Gasteiger partial charge is 0.402 e. The summed E-state index contributed by atoms with van der Waals surface area (Å²) < 4.78 is 0. The van der Waals surface area contributed by atoms with Gasteiger partial charge in [-0.2, -0.15) is 0 Å². The highest BCUT2D eigenvalue weighted by atomic mass is 16.2. The van der Waals surface area contributed by atoms with Crippen molar-refractivity contribution in [2.75, 3.05) is 7.05 Å². The van der Waals surface area contributed by atoms with E-state index in [1.54, 1.807) is 19.2 Å².